The molecule has 36 heavy (non-hydrogen) atoms. The number of nitrogens with zero attached hydrogens (tertiary/aromatic N) is 2. The molecule has 9 nitrogen and oxygen atoms in total. The highest BCUT2D eigenvalue weighted by Crippen LogP contribution is 2.20. The Morgan fingerprint density at radius 1 is 1.11 bits per heavy atom. The quantitative estimate of drug-likeness (QED) is 0.331. The van der Waals surface area contributed by atoms with Crippen LogP contribution in [0.5, 0.6) is 5.75 Å². The van der Waals surface area contributed by atoms with E-state index in [1.54, 1.807) is 56.2 Å². The highest BCUT2D eigenvalue weighted by atomic mass is 16.5. The van der Waals surface area contributed by atoms with Gasteiger partial charge in [-0.15, -0.1) is 0 Å². The number of carbonyl (C=O) groups excluding carboxylic acids is 2. The molecule has 0 unspecified atom stereocenters. The molecule has 0 radical (unpaired) electrons. The molecule has 1 aromatic heterocycles. The number of ether oxygens (including phenoxy) is 3. The third kappa shape index (κ3) is 8.18. The average molecular weight is 491 g/mol. The minimum Gasteiger partial charge on any atom is -0.488 e. The molecule has 1 atom stereocenters. The highest BCUT2D eigenvalue weighted by molar-refractivity contribution is 6.04. The van der Waals surface area contributed by atoms with E-state index < -0.39 is 0 Å². The number of hydrogen-bond donors (Lipinski definition) is 2. The Hall–Kier alpha value is -4.29. The van der Waals surface area contributed by atoms with Gasteiger partial charge in [0.25, 0.3) is 5.91 Å². The summed E-state index contributed by atoms with van der Waals surface area (Å²) >= 11 is 0. The van der Waals surface area contributed by atoms with Gasteiger partial charge in [0.05, 0.1) is 13.2 Å². The fraction of sp³-hybridized carbons (Fsp3) is 0.296. The van der Waals surface area contributed by atoms with Crippen molar-refractivity contribution >= 4 is 23.4 Å². The van der Waals surface area contributed by atoms with Crippen LogP contribution in [0.1, 0.15) is 35.3 Å². The van der Waals surface area contributed by atoms with E-state index in [1.807, 2.05) is 31.2 Å². The summed E-state index contributed by atoms with van der Waals surface area (Å²) in [7, 11) is 3.37. The predicted octanol–water partition coefficient (Wildman–Crippen LogP) is 3.46. The second-order valence-electron chi connectivity index (χ2n) is 7.95. The molecule has 188 valence electrons. The number of hydrogen-bond acceptors (Lipinski definition) is 7. The van der Waals surface area contributed by atoms with E-state index in [4.69, 9.17) is 14.2 Å². The summed E-state index contributed by atoms with van der Waals surface area (Å²) < 4.78 is 17.6. The van der Waals surface area contributed by atoms with Crippen molar-refractivity contribution in [2.75, 3.05) is 37.5 Å². The summed E-state index contributed by atoms with van der Waals surface area (Å²) in [6, 6.07) is 14.2. The number of amides is 1. The minimum atomic E-state index is -0.329. The molecule has 2 N–H and O–H groups in total. The number of benzene rings is 2. The van der Waals surface area contributed by atoms with Gasteiger partial charge >= 0.3 is 5.97 Å². The van der Waals surface area contributed by atoms with Gasteiger partial charge in [-0.3, -0.25) is 14.3 Å². The monoisotopic (exact) mass is 490 g/mol. The first-order valence-electron chi connectivity index (χ1n) is 11.5. The van der Waals surface area contributed by atoms with E-state index in [-0.39, 0.29) is 24.5 Å². The fourth-order valence-corrected chi connectivity index (χ4v) is 3.28. The topological polar surface area (TPSA) is 104 Å². The summed E-state index contributed by atoms with van der Waals surface area (Å²) in [6.07, 6.45) is 1.53. The van der Waals surface area contributed by atoms with Gasteiger partial charge in [0, 0.05) is 48.8 Å². The Morgan fingerprint density at radius 3 is 2.64 bits per heavy atom. The van der Waals surface area contributed by atoms with E-state index in [9.17, 15) is 9.59 Å². The van der Waals surface area contributed by atoms with E-state index in [0.29, 0.717) is 35.9 Å². The maximum Gasteiger partial charge on any atom is 0.325 e. The van der Waals surface area contributed by atoms with Gasteiger partial charge < -0.3 is 24.8 Å². The van der Waals surface area contributed by atoms with Gasteiger partial charge in [-0.1, -0.05) is 17.9 Å². The molecule has 3 rings (SSSR count). The molecule has 0 saturated heterocycles. The summed E-state index contributed by atoms with van der Waals surface area (Å²) in [4.78, 5) is 24.5. The molecule has 0 aliphatic rings. The number of carbonyl (C=O) groups is 2. The zero-order valence-corrected chi connectivity index (χ0v) is 20.8. The van der Waals surface area contributed by atoms with E-state index in [1.165, 1.54) is 0 Å². The van der Waals surface area contributed by atoms with E-state index in [0.717, 1.165) is 11.3 Å². The third-order valence-electron chi connectivity index (χ3n) is 4.82. The number of aromatic nitrogens is 2. The lowest BCUT2D eigenvalue weighted by molar-refractivity contribution is -0.140. The minimum absolute atomic E-state index is 0.0680. The van der Waals surface area contributed by atoms with E-state index >= 15 is 0 Å². The molecule has 0 fully saturated rings. The zero-order chi connectivity index (χ0) is 25.9. The van der Waals surface area contributed by atoms with Crippen LogP contribution in [0.25, 0.3) is 0 Å². The zero-order valence-electron chi connectivity index (χ0n) is 20.8. The normalized spacial score (nSPS) is 11.1. The molecule has 0 saturated carbocycles. The lowest BCUT2D eigenvalue weighted by Crippen LogP contribution is -2.19. The number of methoxy groups -OCH3 is 1. The first-order valence-corrected chi connectivity index (χ1v) is 11.5. The Kier molecular flexibility index (Phi) is 9.48. The Labute approximate surface area is 210 Å². The van der Waals surface area contributed by atoms with Crippen molar-refractivity contribution in [2.24, 2.45) is 7.05 Å². The molecule has 0 aliphatic heterocycles. The molecule has 3 aromatic rings. The van der Waals surface area contributed by atoms with E-state index in [2.05, 4.69) is 27.6 Å². The lowest BCUT2D eigenvalue weighted by atomic mass is 10.1. The van der Waals surface area contributed by atoms with Crippen molar-refractivity contribution < 1.29 is 23.8 Å². The molecule has 1 heterocycles. The van der Waals surface area contributed by atoms with Gasteiger partial charge in [-0.25, -0.2) is 0 Å². The maximum atomic E-state index is 12.9. The van der Waals surface area contributed by atoms with Gasteiger partial charge in [0.2, 0.25) is 0 Å². The van der Waals surface area contributed by atoms with Crippen molar-refractivity contribution in [2.45, 2.75) is 20.0 Å². The first-order chi connectivity index (χ1) is 17.4. The van der Waals surface area contributed by atoms with Crippen LogP contribution in [0.15, 0.2) is 54.7 Å². The summed E-state index contributed by atoms with van der Waals surface area (Å²) in [6.45, 7) is 4.45. The van der Waals surface area contributed by atoms with Gasteiger partial charge in [-0.05, 0) is 50.2 Å². The lowest BCUT2D eigenvalue weighted by Gasteiger charge is -2.15. The second-order valence-corrected chi connectivity index (χ2v) is 7.95. The van der Waals surface area contributed by atoms with Crippen molar-refractivity contribution in [3.63, 3.8) is 0 Å². The molecule has 0 spiro atoms. The Morgan fingerprint density at radius 2 is 1.92 bits per heavy atom. The van der Waals surface area contributed by atoms with Gasteiger partial charge in [0.1, 0.15) is 18.4 Å². The van der Waals surface area contributed by atoms with Crippen LogP contribution < -0.4 is 15.4 Å². The van der Waals surface area contributed by atoms with Crippen molar-refractivity contribution in [1.29, 1.82) is 0 Å². The largest absolute Gasteiger partial charge is 0.488 e. The number of anilines is 2. The van der Waals surface area contributed by atoms with Gasteiger partial charge in [-0.2, -0.15) is 5.10 Å². The molecule has 0 aliphatic carbocycles. The predicted molar refractivity (Wildman–Crippen MR) is 137 cm³/mol. The Balaban J connectivity index is 1.83. The summed E-state index contributed by atoms with van der Waals surface area (Å²) in [5.41, 5.74) is 2.48. The SMILES string of the molecule is CCOC(=O)CNc1cccc(C#Cc2cc(O[C@@H](C)COC)cc(C(=O)Nc3ccn(C)n3)c2)c1. The average Bonchev–Trinajstić information content (AvgIpc) is 3.26. The second kappa shape index (κ2) is 13.0. The molecule has 9 heteroatoms. The molecule has 0 bridgehead atoms. The van der Waals surface area contributed by atoms with Crippen LogP contribution >= 0.6 is 0 Å². The summed E-state index contributed by atoms with van der Waals surface area (Å²) in [5, 5.41) is 9.99. The maximum absolute atomic E-state index is 12.9. The summed E-state index contributed by atoms with van der Waals surface area (Å²) in [5.74, 6) is 6.50. The number of aryl methyl sites for hydroxylation is 1. The van der Waals surface area contributed by atoms with Crippen LogP contribution in [0.2, 0.25) is 0 Å². The molecule has 1 amide bonds. The number of rotatable bonds is 10. The smallest absolute Gasteiger partial charge is 0.325 e. The van der Waals surface area contributed by atoms with Crippen LogP contribution in [-0.4, -0.2) is 54.6 Å². The third-order valence-corrected chi connectivity index (χ3v) is 4.82. The van der Waals surface area contributed by atoms with Gasteiger partial charge in [0.15, 0.2) is 5.82 Å². The Bertz CT molecular complexity index is 1260. The first kappa shape index (κ1) is 26.3. The number of esters is 1. The standard InChI is InChI=1S/C27H30N4O5/c1-5-35-26(32)17-28-23-8-6-7-20(14-23)9-10-21-13-22(16-24(15-21)36-19(2)18-34-4)27(33)29-25-11-12-31(3)30-25/h6-8,11-16,19,28H,5,17-18H2,1-4H3,(H,29,30,33)/t19-/m0/s1. The van der Waals surface area contributed by atoms with Crippen LogP contribution in [-0.2, 0) is 21.3 Å². The van der Waals surface area contributed by atoms with Crippen molar-refractivity contribution in [1.82, 2.24) is 9.78 Å². The van der Waals surface area contributed by atoms with Crippen molar-refractivity contribution in [3.05, 3.63) is 71.4 Å². The van der Waals surface area contributed by atoms with Crippen LogP contribution in [0, 0.1) is 11.8 Å². The van der Waals surface area contributed by atoms with Crippen LogP contribution in [0.3, 0.4) is 0 Å². The van der Waals surface area contributed by atoms with Crippen molar-refractivity contribution in [3.8, 4) is 17.6 Å². The highest BCUT2D eigenvalue weighted by Gasteiger charge is 2.13. The molecular formula is C27H30N4O5. The molecule has 2 aromatic carbocycles. The molecular weight excluding hydrogens is 460 g/mol. The van der Waals surface area contributed by atoms with Crippen LogP contribution in [0.4, 0.5) is 11.5 Å². The fourth-order valence-electron chi connectivity index (χ4n) is 3.28. The number of nitrogens with one attached hydrogen (secondary N) is 2.